The van der Waals surface area contributed by atoms with Crippen molar-refractivity contribution in [1.29, 1.82) is 0 Å². The summed E-state index contributed by atoms with van der Waals surface area (Å²) in [6.07, 6.45) is 2.67. The Kier molecular flexibility index (Phi) is 3.70. The van der Waals surface area contributed by atoms with E-state index in [1.165, 1.54) is 10.6 Å². The van der Waals surface area contributed by atoms with Gasteiger partial charge in [-0.25, -0.2) is 13.9 Å². The minimum Gasteiger partial charge on any atom is -0.307 e. The third kappa shape index (κ3) is 2.73. The largest absolute Gasteiger partial charge is 0.350 e. The van der Waals surface area contributed by atoms with Gasteiger partial charge < -0.3 is 4.57 Å². The zero-order valence-electron chi connectivity index (χ0n) is 11.6. The number of aryl methyl sites for hydroxylation is 2. The highest BCUT2D eigenvalue weighted by atomic mass is 35.5. The average molecular weight is 336 g/mol. The molecule has 0 saturated carbocycles. The van der Waals surface area contributed by atoms with E-state index in [2.05, 4.69) is 5.10 Å². The summed E-state index contributed by atoms with van der Waals surface area (Å²) in [5, 5.41) is 15.2. The molecule has 0 unspecified atom stereocenters. The van der Waals surface area contributed by atoms with Crippen molar-refractivity contribution in [2.75, 3.05) is 0 Å². The quantitative estimate of drug-likeness (QED) is 0.521. The van der Waals surface area contributed by atoms with Gasteiger partial charge in [0.15, 0.2) is 5.65 Å². The summed E-state index contributed by atoms with van der Waals surface area (Å²) in [6.45, 7) is 0.153. The van der Waals surface area contributed by atoms with Gasteiger partial charge in [-0.05, 0) is 12.1 Å². The van der Waals surface area contributed by atoms with Crippen LogP contribution in [0.25, 0.3) is 5.65 Å². The van der Waals surface area contributed by atoms with Crippen molar-refractivity contribution >= 4 is 22.9 Å². The van der Waals surface area contributed by atoms with Gasteiger partial charge in [0, 0.05) is 24.9 Å². The van der Waals surface area contributed by atoms with E-state index >= 15 is 0 Å². The van der Waals surface area contributed by atoms with Crippen LogP contribution in [0.2, 0.25) is 5.02 Å². The van der Waals surface area contributed by atoms with Crippen LogP contribution in [0.5, 0.6) is 0 Å². The fourth-order valence-corrected chi connectivity index (χ4v) is 2.36. The topological polar surface area (TPSA) is 104 Å². The molecule has 0 aromatic carbocycles. The van der Waals surface area contributed by atoms with Gasteiger partial charge in [0.1, 0.15) is 0 Å². The van der Waals surface area contributed by atoms with Crippen LogP contribution in [-0.4, -0.2) is 23.7 Å². The molecule has 3 aromatic rings. The van der Waals surface area contributed by atoms with Crippen molar-refractivity contribution in [3.05, 3.63) is 72.6 Å². The van der Waals surface area contributed by atoms with E-state index in [9.17, 15) is 19.7 Å². The van der Waals surface area contributed by atoms with Gasteiger partial charge in [-0.2, -0.15) is 0 Å². The summed E-state index contributed by atoms with van der Waals surface area (Å²) in [4.78, 5) is 34.1. The van der Waals surface area contributed by atoms with Crippen LogP contribution >= 0.6 is 11.6 Å². The Bertz CT molecular complexity index is 1020. The molecule has 118 valence electrons. The van der Waals surface area contributed by atoms with Crippen LogP contribution in [0.3, 0.4) is 0 Å². The molecule has 10 heteroatoms. The first-order chi connectivity index (χ1) is 11.0. The summed E-state index contributed by atoms with van der Waals surface area (Å²) in [6, 6.07) is 5.48. The molecule has 0 aliphatic heterocycles. The standard InChI is InChI=1S/C13H10ClN5O4/c14-10-2-1-5-17-12(10)15-18(13(17)21)7-6-16-8-9(19(22)23)3-4-11(16)20/h1-5,8H,6-7H2. The Morgan fingerprint density at radius 3 is 2.70 bits per heavy atom. The monoisotopic (exact) mass is 335 g/mol. The number of nitro groups is 1. The number of nitrogens with zero attached hydrogens (tertiary/aromatic N) is 5. The zero-order valence-corrected chi connectivity index (χ0v) is 12.4. The molecular formula is C13H10ClN5O4. The SMILES string of the molecule is O=c1ccc([N+](=O)[O-])cn1CCn1nc2c(Cl)cccn2c1=O. The Labute approximate surface area is 133 Å². The first-order valence-corrected chi connectivity index (χ1v) is 6.94. The van der Waals surface area contributed by atoms with Crippen LogP contribution in [0.15, 0.2) is 46.2 Å². The third-order valence-corrected chi connectivity index (χ3v) is 3.59. The van der Waals surface area contributed by atoms with E-state index in [4.69, 9.17) is 11.6 Å². The predicted octanol–water partition coefficient (Wildman–Crippen LogP) is 0.919. The van der Waals surface area contributed by atoms with Gasteiger partial charge in [0.25, 0.3) is 11.2 Å². The van der Waals surface area contributed by atoms with Gasteiger partial charge in [-0.3, -0.25) is 14.9 Å². The molecule has 23 heavy (non-hydrogen) atoms. The lowest BCUT2D eigenvalue weighted by molar-refractivity contribution is -0.385. The van der Waals surface area contributed by atoms with Crippen LogP contribution in [-0.2, 0) is 13.1 Å². The van der Waals surface area contributed by atoms with Crippen molar-refractivity contribution in [3.63, 3.8) is 0 Å². The van der Waals surface area contributed by atoms with Gasteiger partial charge in [-0.15, -0.1) is 5.10 Å². The van der Waals surface area contributed by atoms with Gasteiger partial charge in [0.05, 0.1) is 22.7 Å². The zero-order chi connectivity index (χ0) is 16.6. The third-order valence-electron chi connectivity index (χ3n) is 3.29. The Hall–Kier alpha value is -2.94. The second-order valence-corrected chi connectivity index (χ2v) is 5.14. The van der Waals surface area contributed by atoms with Crippen molar-refractivity contribution in [2.45, 2.75) is 13.1 Å². The molecule has 0 N–H and O–H groups in total. The molecule has 0 aliphatic carbocycles. The van der Waals surface area contributed by atoms with Crippen LogP contribution in [0, 0.1) is 10.1 Å². The van der Waals surface area contributed by atoms with E-state index in [-0.39, 0.29) is 18.8 Å². The maximum atomic E-state index is 12.2. The minimum atomic E-state index is -0.590. The van der Waals surface area contributed by atoms with Crippen molar-refractivity contribution < 1.29 is 4.92 Å². The molecule has 0 atom stereocenters. The number of pyridine rings is 2. The second-order valence-electron chi connectivity index (χ2n) is 4.73. The molecule has 0 fully saturated rings. The second kappa shape index (κ2) is 5.69. The van der Waals surface area contributed by atoms with Gasteiger partial charge in [-0.1, -0.05) is 11.6 Å². The molecular weight excluding hydrogens is 326 g/mol. The highest BCUT2D eigenvalue weighted by Crippen LogP contribution is 2.12. The summed E-state index contributed by atoms with van der Waals surface area (Å²) in [5.74, 6) is 0. The lowest BCUT2D eigenvalue weighted by Crippen LogP contribution is -2.27. The van der Waals surface area contributed by atoms with Gasteiger partial charge >= 0.3 is 5.69 Å². The number of aromatic nitrogens is 4. The smallest absolute Gasteiger partial charge is 0.307 e. The van der Waals surface area contributed by atoms with E-state index in [1.807, 2.05) is 0 Å². The summed E-state index contributed by atoms with van der Waals surface area (Å²) >= 11 is 5.97. The van der Waals surface area contributed by atoms with E-state index in [0.717, 1.165) is 27.6 Å². The van der Waals surface area contributed by atoms with Crippen LogP contribution in [0.4, 0.5) is 5.69 Å². The Morgan fingerprint density at radius 1 is 1.22 bits per heavy atom. The number of hydrogen-bond donors (Lipinski definition) is 0. The molecule has 3 rings (SSSR count). The normalized spacial score (nSPS) is 11.0. The van der Waals surface area contributed by atoms with Crippen molar-refractivity contribution in [3.8, 4) is 0 Å². The molecule has 3 aromatic heterocycles. The maximum absolute atomic E-state index is 12.2. The Morgan fingerprint density at radius 2 is 2.00 bits per heavy atom. The summed E-state index contributed by atoms with van der Waals surface area (Å²) in [7, 11) is 0. The first-order valence-electron chi connectivity index (χ1n) is 6.56. The van der Waals surface area contributed by atoms with Crippen LogP contribution < -0.4 is 11.2 Å². The molecule has 0 radical (unpaired) electrons. The van der Waals surface area contributed by atoms with E-state index in [1.54, 1.807) is 12.1 Å². The number of halogens is 1. The fraction of sp³-hybridized carbons (Fsp3) is 0.154. The molecule has 0 amide bonds. The minimum absolute atomic E-state index is 0.0714. The molecule has 0 saturated heterocycles. The van der Waals surface area contributed by atoms with Gasteiger partial charge in [0.2, 0.25) is 0 Å². The van der Waals surface area contributed by atoms with Crippen LogP contribution in [0.1, 0.15) is 0 Å². The summed E-state index contributed by atoms with van der Waals surface area (Å²) < 4.78 is 3.61. The lowest BCUT2D eigenvalue weighted by Gasteiger charge is -2.04. The highest BCUT2D eigenvalue weighted by Gasteiger charge is 2.11. The maximum Gasteiger partial charge on any atom is 0.350 e. The molecule has 3 heterocycles. The first kappa shape index (κ1) is 15.0. The number of hydrogen-bond acceptors (Lipinski definition) is 5. The molecule has 9 nitrogen and oxygen atoms in total. The highest BCUT2D eigenvalue weighted by molar-refractivity contribution is 6.33. The van der Waals surface area contributed by atoms with E-state index in [0.29, 0.717) is 10.7 Å². The van der Waals surface area contributed by atoms with Crippen molar-refractivity contribution in [2.24, 2.45) is 0 Å². The lowest BCUT2D eigenvalue weighted by atomic mass is 10.4. The van der Waals surface area contributed by atoms with Crippen molar-refractivity contribution in [1.82, 2.24) is 18.7 Å². The fourth-order valence-electron chi connectivity index (χ4n) is 2.16. The molecule has 0 bridgehead atoms. The predicted molar refractivity (Wildman–Crippen MR) is 81.8 cm³/mol. The number of rotatable bonds is 4. The average Bonchev–Trinajstić information content (AvgIpc) is 2.84. The summed E-state index contributed by atoms with van der Waals surface area (Å²) in [5.41, 5.74) is -0.688. The number of fused-ring (bicyclic) bond motifs is 1. The molecule has 0 aliphatic rings. The Balaban J connectivity index is 1.93. The molecule has 0 spiro atoms. The van der Waals surface area contributed by atoms with E-state index < -0.39 is 16.2 Å².